The van der Waals surface area contributed by atoms with Crippen LogP contribution in [-0.2, 0) is 20.5 Å². The van der Waals surface area contributed by atoms with Crippen LogP contribution in [0.15, 0.2) is 24.3 Å². The summed E-state index contributed by atoms with van der Waals surface area (Å²) in [5, 5.41) is 0. The minimum Gasteiger partial charge on any atom is -0.398 e. The number of anilines is 1. The number of ether oxygens (including phenoxy) is 1. The number of morpholine rings is 1. The highest BCUT2D eigenvalue weighted by atomic mass is 32.2. The van der Waals surface area contributed by atoms with Crippen LogP contribution in [0, 0.1) is 0 Å². The Balaban J connectivity index is 1.83. The second-order valence-corrected chi connectivity index (χ2v) is 7.39. The van der Waals surface area contributed by atoms with Crippen LogP contribution in [0.1, 0.15) is 24.8 Å². The number of fused-ring (bicyclic) bond motifs is 1. The van der Waals surface area contributed by atoms with Gasteiger partial charge in [-0.05, 0) is 30.9 Å². The maximum Gasteiger partial charge on any atom is 0.218 e. The molecule has 2 atom stereocenters. The van der Waals surface area contributed by atoms with E-state index in [9.17, 15) is 8.42 Å². The average Bonchev–Trinajstić information content (AvgIpc) is 2.89. The molecule has 1 heterocycles. The molecule has 0 aromatic heterocycles. The number of rotatable bonds is 3. The summed E-state index contributed by atoms with van der Waals surface area (Å²) in [5.41, 5.74) is 7.07. The van der Waals surface area contributed by atoms with Crippen LogP contribution < -0.4 is 5.73 Å². The van der Waals surface area contributed by atoms with E-state index in [1.54, 1.807) is 16.4 Å². The van der Waals surface area contributed by atoms with Gasteiger partial charge in [0.15, 0.2) is 0 Å². The molecule has 0 radical (unpaired) electrons. The van der Waals surface area contributed by atoms with E-state index in [0.29, 0.717) is 24.4 Å². The van der Waals surface area contributed by atoms with E-state index in [1.807, 2.05) is 12.1 Å². The molecular formula is C14H20N2O3S. The maximum atomic E-state index is 12.7. The van der Waals surface area contributed by atoms with Crippen molar-refractivity contribution in [3.63, 3.8) is 0 Å². The molecule has 1 aliphatic heterocycles. The predicted molar refractivity (Wildman–Crippen MR) is 77.6 cm³/mol. The van der Waals surface area contributed by atoms with Gasteiger partial charge in [-0.3, -0.25) is 0 Å². The monoisotopic (exact) mass is 296 g/mol. The Hall–Kier alpha value is -1.11. The number of para-hydroxylation sites is 1. The summed E-state index contributed by atoms with van der Waals surface area (Å²) >= 11 is 0. The summed E-state index contributed by atoms with van der Waals surface area (Å²) < 4.78 is 32.6. The van der Waals surface area contributed by atoms with Crippen molar-refractivity contribution in [1.82, 2.24) is 4.31 Å². The number of sulfonamides is 1. The fourth-order valence-corrected chi connectivity index (χ4v) is 5.01. The first-order chi connectivity index (χ1) is 9.58. The molecule has 1 aromatic rings. The summed E-state index contributed by atoms with van der Waals surface area (Å²) in [7, 11) is -3.34. The summed E-state index contributed by atoms with van der Waals surface area (Å²) in [6.45, 7) is 0.945. The van der Waals surface area contributed by atoms with Crippen LogP contribution in [-0.4, -0.2) is 38.0 Å². The van der Waals surface area contributed by atoms with Gasteiger partial charge in [0, 0.05) is 12.2 Å². The molecule has 2 unspecified atom stereocenters. The van der Waals surface area contributed by atoms with E-state index in [2.05, 4.69) is 0 Å². The third-order valence-corrected chi connectivity index (χ3v) is 6.03. The van der Waals surface area contributed by atoms with E-state index in [-0.39, 0.29) is 17.9 Å². The van der Waals surface area contributed by atoms with Crippen molar-refractivity contribution < 1.29 is 13.2 Å². The molecule has 5 nitrogen and oxygen atoms in total. The van der Waals surface area contributed by atoms with Crippen LogP contribution in [0.5, 0.6) is 0 Å². The summed E-state index contributed by atoms with van der Waals surface area (Å²) in [4.78, 5) is 0. The second kappa shape index (κ2) is 5.35. The first-order valence-corrected chi connectivity index (χ1v) is 8.63. The molecule has 2 aliphatic rings. The fraction of sp³-hybridized carbons (Fsp3) is 0.571. The number of hydrogen-bond acceptors (Lipinski definition) is 4. The molecule has 110 valence electrons. The largest absolute Gasteiger partial charge is 0.398 e. The lowest BCUT2D eigenvalue weighted by atomic mass is 10.2. The molecule has 0 amide bonds. The smallest absolute Gasteiger partial charge is 0.218 e. The Morgan fingerprint density at radius 3 is 2.90 bits per heavy atom. The summed E-state index contributed by atoms with van der Waals surface area (Å²) in [6.07, 6.45) is 2.97. The number of nitrogen functional groups attached to an aromatic ring is 1. The molecule has 1 aliphatic carbocycles. The first kappa shape index (κ1) is 13.9. The van der Waals surface area contributed by atoms with E-state index in [1.165, 1.54) is 0 Å². The maximum absolute atomic E-state index is 12.7. The van der Waals surface area contributed by atoms with Gasteiger partial charge in [-0.2, -0.15) is 4.31 Å². The zero-order valence-electron chi connectivity index (χ0n) is 11.4. The molecule has 1 saturated heterocycles. The highest BCUT2D eigenvalue weighted by Crippen LogP contribution is 2.32. The molecule has 2 N–H and O–H groups in total. The molecule has 3 rings (SSSR count). The van der Waals surface area contributed by atoms with Gasteiger partial charge in [0.2, 0.25) is 10.0 Å². The van der Waals surface area contributed by atoms with E-state index in [0.717, 1.165) is 19.3 Å². The van der Waals surface area contributed by atoms with Gasteiger partial charge in [-0.1, -0.05) is 18.2 Å². The van der Waals surface area contributed by atoms with Crippen molar-refractivity contribution in [2.45, 2.75) is 37.2 Å². The van der Waals surface area contributed by atoms with Crippen molar-refractivity contribution in [2.24, 2.45) is 0 Å². The predicted octanol–water partition coefficient (Wildman–Crippen LogP) is 1.35. The lowest BCUT2D eigenvalue weighted by Crippen LogP contribution is -2.51. The van der Waals surface area contributed by atoms with Gasteiger partial charge in [-0.15, -0.1) is 0 Å². The van der Waals surface area contributed by atoms with Crippen molar-refractivity contribution in [3.8, 4) is 0 Å². The van der Waals surface area contributed by atoms with Gasteiger partial charge >= 0.3 is 0 Å². The first-order valence-electron chi connectivity index (χ1n) is 7.02. The van der Waals surface area contributed by atoms with E-state index >= 15 is 0 Å². The normalized spacial score (nSPS) is 27.4. The molecule has 20 heavy (non-hydrogen) atoms. The zero-order chi connectivity index (χ0) is 14.2. The van der Waals surface area contributed by atoms with Gasteiger partial charge in [0.1, 0.15) is 0 Å². The fourth-order valence-electron chi connectivity index (χ4n) is 3.18. The van der Waals surface area contributed by atoms with Crippen LogP contribution in [0.4, 0.5) is 5.69 Å². The number of benzene rings is 1. The summed E-state index contributed by atoms with van der Waals surface area (Å²) in [6, 6.07) is 7.16. The average molecular weight is 296 g/mol. The Bertz CT molecular complexity index is 588. The Morgan fingerprint density at radius 2 is 2.10 bits per heavy atom. The number of hydrogen-bond donors (Lipinski definition) is 1. The topological polar surface area (TPSA) is 72.6 Å². The molecule has 6 heteroatoms. The summed E-state index contributed by atoms with van der Waals surface area (Å²) in [5.74, 6) is -0.0249. The van der Waals surface area contributed by atoms with Gasteiger partial charge in [0.25, 0.3) is 0 Å². The van der Waals surface area contributed by atoms with Crippen LogP contribution in [0.2, 0.25) is 0 Å². The Morgan fingerprint density at radius 1 is 1.30 bits per heavy atom. The van der Waals surface area contributed by atoms with Crippen LogP contribution >= 0.6 is 0 Å². The minimum atomic E-state index is -3.34. The van der Waals surface area contributed by atoms with Crippen molar-refractivity contribution in [2.75, 3.05) is 18.9 Å². The third kappa shape index (κ3) is 2.55. The third-order valence-electron chi connectivity index (χ3n) is 4.18. The van der Waals surface area contributed by atoms with Crippen molar-refractivity contribution in [1.29, 1.82) is 0 Å². The highest BCUT2D eigenvalue weighted by molar-refractivity contribution is 7.88. The Kier molecular flexibility index (Phi) is 3.70. The molecule has 1 saturated carbocycles. The van der Waals surface area contributed by atoms with Gasteiger partial charge in [-0.25, -0.2) is 8.42 Å². The van der Waals surface area contributed by atoms with Crippen LogP contribution in [0.25, 0.3) is 0 Å². The standard InChI is InChI=1S/C14H20N2O3S/c15-12-5-2-1-4-11(12)10-20(17,18)16-8-9-19-14-7-3-6-13(14)16/h1-2,4-5,13-14H,3,6-10,15H2. The van der Waals surface area contributed by atoms with Crippen LogP contribution in [0.3, 0.4) is 0 Å². The second-order valence-electron chi connectivity index (χ2n) is 5.47. The molecule has 0 bridgehead atoms. The molecular weight excluding hydrogens is 276 g/mol. The number of nitrogens with two attached hydrogens (primary N) is 1. The molecule has 2 fully saturated rings. The minimum absolute atomic E-state index is 0.0127. The van der Waals surface area contributed by atoms with Crippen molar-refractivity contribution in [3.05, 3.63) is 29.8 Å². The lowest BCUT2D eigenvalue weighted by molar-refractivity contribution is -0.0242. The number of nitrogens with zero attached hydrogens (tertiary/aromatic N) is 1. The van der Waals surface area contributed by atoms with Gasteiger partial charge < -0.3 is 10.5 Å². The van der Waals surface area contributed by atoms with Gasteiger partial charge in [0.05, 0.1) is 24.5 Å². The molecule has 0 spiro atoms. The van der Waals surface area contributed by atoms with E-state index in [4.69, 9.17) is 10.5 Å². The lowest BCUT2D eigenvalue weighted by Gasteiger charge is -2.36. The SMILES string of the molecule is Nc1ccccc1CS(=O)(=O)N1CCOC2CCCC21. The van der Waals surface area contributed by atoms with Crippen molar-refractivity contribution >= 4 is 15.7 Å². The quantitative estimate of drug-likeness (QED) is 0.855. The highest BCUT2D eigenvalue weighted by Gasteiger charge is 2.41. The zero-order valence-corrected chi connectivity index (χ0v) is 12.2. The van der Waals surface area contributed by atoms with E-state index < -0.39 is 10.0 Å². The Labute approximate surface area is 119 Å². The molecule has 1 aromatic carbocycles.